The number of aromatic nitrogens is 2. The summed E-state index contributed by atoms with van der Waals surface area (Å²) in [5.41, 5.74) is 16.4. The third-order valence-corrected chi connectivity index (χ3v) is 10.4. The maximum absolute atomic E-state index is 13.7. The number of hydrogen-bond acceptors (Lipinski definition) is 14. The van der Waals surface area contributed by atoms with Crippen molar-refractivity contribution < 1.29 is 57.8 Å². The Hall–Kier alpha value is -6.70. The van der Waals surface area contributed by atoms with E-state index in [9.17, 15) is 57.8 Å². The van der Waals surface area contributed by atoms with Gasteiger partial charge in [-0.2, -0.15) is 0 Å². The number of nitrogens with two attached hydrogens (primary N) is 3. The summed E-state index contributed by atoms with van der Waals surface area (Å²) in [7, 11) is 0. The Bertz CT molecular complexity index is 1910. The summed E-state index contributed by atoms with van der Waals surface area (Å²) in [4.78, 5) is 148. The van der Waals surface area contributed by atoms with Crippen molar-refractivity contribution in [2.75, 3.05) is 13.1 Å². The van der Waals surface area contributed by atoms with Crippen LogP contribution in [0.15, 0.2) is 12.5 Å². The second-order valence-corrected chi connectivity index (χ2v) is 17.5. The first-order chi connectivity index (χ1) is 31.7. The topological polar surface area (TPSA) is 423 Å². The van der Waals surface area contributed by atoms with Crippen LogP contribution in [0.3, 0.4) is 0 Å². The lowest BCUT2D eigenvalue weighted by Gasteiger charge is -2.29. The van der Waals surface area contributed by atoms with E-state index in [1.165, 1.54) is 33.3 Å². The number of carbonyl (C=O) groups is 11. The summed E-state index contributed by atoms with van der Waals surface area (Å²) in [6.45, 7) is 13.4. The van der Waals surface area contributed by atoms with Crippen LogP contribution in [0, 0.1) is 17.8 Å². The van der Waals surface area contributed by atoms with Gasteiger partial charge in [-0.3, -0.25) is 52.7 Å². The molecular formula is C42H72N14O12. The molecule has 0 spiro atoms. The lowest BCUT2D eigenvalue weighted by atomic mass is 9.96. The number of amides is 11. The van der Waals surface area contributed by atoms with Crippen LogP contribution in [0.1, 0.15) is 93.7 Å². The van der Waals surface area contributed by atoms with E-state index in [1.807, 2.05) is 13.8 Å². The summed E-state index contributed by atoms with van der Waals surface area (Å²) in [6.07, 6.45) is 1.20. The van der Waals surface area contributed by atoms with Crippen molar-refractivity contribution in [1.29, 1.82) is 0 Å². The fourth-order valence-electron chi connectivity index (χ4n) is 6.39. The van der Waals surface area contributed by atoms with Crippen molar-refractivity contribution in [3.05, 3.63) is 18.2 Å². The van der Waals surface area contributed by atoms with Gasteiger partial charge in [0.1, 0.15) is 48.3 Å². The van der Waals surface area contributed by atoms with E-state index in [2.05, 4.69) is 57.8 Å². The van der Waals surface area contributed by atoms with Gasteiger partial charge in [0.2, 0.25) is 65.0 Å². The number of H-pyrrole nitrogens is 1. The van der Waals surface area contributed by atoms with Gasteiger partial charge in [0, 0.05) is 18.3 Å². The van der Waals surface area contributed by atoms with Gasteiger partial charge in [-0.15, -0.1) is 0 Å². The molecule has 1 rings (SSSR count). The molecule has 10 atom stereocenters. The third kappa shape index (κ3) is 21.3. The molecule has 0 bridgehead atoms. The van der Waals surface area contributed by atoms with Crippen molar-refractivity contribution >= 4 is 65.0 Å². The SMILES string of the molecule is CC[C@H](C)[C@H](NC(=O)CNC(=O)[C@H](C)NC(=O)[C@H](C)NC(=O)[C@H](Cc1cnc[nH]1)NC(=O)[C@H](CC(N)=O)NC(=O)CN)C(=O)N[C@@H](CC(C)C)C(=O)N[C@H](C(=O)N[C@@H](CC(C)C)C(N)=O)[C@@H](C)O. The highest BCUT2D eigenvalue weighted by Crippen LogP contribution is 2.12. The number of rotatable bonds is 30. The predicted molar refractivity (Wildman–Crippen MR) is 244 cm³/mol. The van der Waals surface area contributed by atoms with E-state index in [-0.39, 0.29) is 31.1 Å². The normalized spacial score (nSPS) is 15.5. The lowest BCUT2D eigenvalue weighted by Crippen LogP contribution is -2.61. The van der Waals surface area contributed by atoms with Crippen molar-refractivity contribution in [3.8, 4) is 0 Å². The van der Waals surface area contributed by atoms with Crippen LogP contribution in [0.4, 0.5) is 0 Å². The first kappa shape index (κ1) is 59.3. The highest BCUT2D eigenvalue weighted by Gasteiger charge is 2.35. The Labute approximate surface area is 395 Å². The number of aliphatic hydroxyl groups excluding tert-OH is 1. The van der Waals surface area contributed by atoms with Crippen LogP contribution in [0.2, 0.25) is 0 Å². The molecule has 0 fully saturated rings. The summed E-state index contributed by atoms with van der Waals surface area (Å²) < 4.78 is 0. The summed E-state index contributed by atoms with van der Waals surface area (Å²) in [5.74, 6) is -9.89. The zero-order chi connectivity index (χ0) is 52.0. The Morgan fingerprint density at radius 2 is 1.12 bits per heavy atom. The highest BCUT2D eigenvalue weighted by molar-refractivity contribution is 5.98. The summed E-state index contributed by atoms with van der Waals surface area (Å²) in [6, 6.07) is -10.4. The molecule has 68 heavy (non-hydrogen) atoms. The van der Waals surface area contributed by atoms with Gasteiger partial charge in [0.25, 0.3) is 0 Å². The number of hydrogen-bond donors (Lipinski definition) is 14. The van der Waals surface area contributed by atoms with E-state index < -0.39 is 145 Å². The van der Waals surface area contributed by atoms with Crippen LogP contribution >= 0.6 is 0 Å². The van der Waals surface area contributed by atoms with Gasteiger partial charge in [-0.05, 0) is 51.4 Å². The van der Waals surface area contributed by atoms with E-state index >= 15 is 0 Å². The van der Waals surface area contributed by atoms with Gasteiger partial charge in [0.15, 0.2) is 0 Å². The monoisotopic (exact) mass is 965 g/mol. The van der Waals surface area contributed by atoms with E-state index in [4.69, 9.17) is 17.2 Å². The number of aromatic amines is 1. The second kappa shape index (κ2) is 29.1. The van der Waals surface area contributed by atoms with Gasteiger partial charge in [0.05, 0.1) is 31.9 Å². The molecule has 0 aliphatic rings. The van der Waals surface area contributed by atoms with Crippen molar-refractivity contribution in [2.24, 2.45) is 35.0 Å². The van der Waals surface area contributed by atoms with E-state index in [0.717, 1.165) is 0 Å². The predicted octanol–water partition coefficient (Wildman–Crippen LogP) is -5.17. The van der Waals surface area contributed by atoms with Gasteiger partial charge in [-0.1, -0.05) is 48.0 Å². The van der Waals surface area contributed by atoms with Crippen molar-refractivity contribution in [1.82, 2.24) is 57.8 Å². The summed E-state index contributed by atoms with van der Waals surface area (Å²) in [5, 5.41) is 32.4. The molecule has 17 N–H and O–H groups in total. The lowest BCUT2D eigenvalue weighted by molar-refractivity contribution is -0.136. The highest BCUT2D eigenvalue weighted by atomic mass is 16.3. The molecule has 0 aliphatic carbocycles. The van der Waals surface area contributed by atoms with Crippen molar-refractivity contribution in [3.63, 3.8) is 0 Å². The average Bonchev–Trinajstić information content (AvgIpc) is 3.77. The quantitative estimate of drug-likeness (QED) is 0.0343. The van der Waals surface area contributed by atoms with Crippen LogP contribution in [0.25, 0.3) is 0 Å². The number of nitrogens with one attached hydrogen (secondary N) is 10. The third-order valence-electron chi connectivity index (χ3n) is 10.4. The maximum atomic E-state index is 13.7. The smallest absolute Gasteiger partial charge is 0.245 e. The zero-order valence-electron chi connectivity index (χ0n) is 40.1. The molecule has 26 nitrogen and oxygen atoms in total. The van der Waals surface area contributed by atoms with Crippen molar-refractivity contribution in [2.45, 2.75) is 149 Å². The molecule has 382 valence electrons. The standard InChI is InChI=1S/C42H72N14O12/c1-10-21(6)33(41(67)54-27(12-20(4)5)40(66)56-34(24(9)57)42(68)52-26(35(45)61)11-19(2)3)55-32(60)17-47-36(62)22(7)49-37(63)23(8)50-38(64)28(13-25-16-46-18-48-25)53-39(65)29(14-30(44)58)51-31(59)15-43/h16,18-24,26-29,33-34,57H,10-15,17,43H2,1-9H3,(H2,44,58)(H2,45,61)(H,46,48)(H,47,62)(H,49,63)(H,50,64)(H,51,59)(H,52,68)(H,53,65)(H,54,67)(H,55,60)(H,56,66)/t21-,22-,23-,24+,26-,27-,28-,29-,33-,34-/m0/s1. The first-order valence-electron chi connectivity index (χ1n) is 22.3. The molecule has 1 heterocycles. The van der Waals surface area contributed by atoms with E-state index in [0.29, 0.717) is 12.1 Å². The van der Waals surface area contributed by atoms with Gasteiger partial charge in [-0.25, -0.2) is 4.98 Å². The Balaban J connectivity index is 3.01. The molecular weight excluding hydrogens is 893 g/mol. The van der Waals surface area contributed by atoms with Crippen LogP contribution < -0.4 is 65.1 Å². The summed E-state index contributed by atoms with van der Waals surface area (Å²) >= 11 is 0. The molecule has 0 radical (unpaired) electrons. The number of primary amides is 2. The molecule has 1 aromatic heterocycles. The molecule has 26 heteroatoms. The second-order valence-electron chi connectivity index (χ2n) is 17.5. The van der Waals surface area contributed by atoms with Gasteiger partial charge < -0.3 is 75.1 Å². The Morgan fingerprint density at radius 3 is 1.63 bits per heavy atom. The fraction of sp³-hybridized carbons (Fsp3) is 0.667. The molecule has 0 saturated heterocycles. The largest absolute Gasteiger partial charge is 0.391 e. The molecule has 1 aromatic rings. The minimum absolute atomic E-state index is 0.0219. The van der Waals surface area contributed by atoms with E-state index in [1.54, 1.807) is 27.7 Å². The fourth-order valence-corrected chi connectivity index (χ4v) is 6.39. The number of imidazole rings is 1. The molecule has 0 aromatic carbocycles. The Kier molecular flexibility index (Phi) is 25.4. The van der Waals surface area contributed by atoms with Crippen LogP contribution in [-0.2, 0) is 59.2 Å². The molecule has 0 aliphatic heterocycles. The molecule has 11 amide bonds. The average molecular weight is 965 g/mol. The minimum atomic E-state index is -1.52. The maximum Gasteiger partial charge on any atom is 0.245 e. The van der Waals surface area contributed by atoms with Crippen LogP contribution in [-0.4, -0.2) is 148 Å². The number of carbonyl (C=O) groups excluding carboxylic acids is 11. The molecule has 0 saturated carbocycles. The first-order valence-corrected chi connectivity index (χ1v) is 22.3. The minimum Gasteiger partial charge on any atom is -0.391 e. The number of nitrogens with zero attached hydrogens (tertiary/aromatic N) is 1. The van der Waals surface area contributed by atoms with Crippen LogP contribution in [0.5, 0.6) is 0 Å². The zero-order valence-corrected chi connectivity index (χ0v) is 40.1. The molecule has 0 unspecified atom stereocenters. The Morgan fingerprint density at radius 1 is 0.603 bits per heavy atom. The van der Waals surface area contributed by atoms with Gasteiger partial charge >= 0.3 is 0 Å². The number of aliphatic hydroxyl groups is 1.